The molecule has 0 aliphatic carbocycles. The average Bonchev–Trinajstić information content (AvgIpc) is 3.13. The molecule has 0 saturated heterocycles. The van der Waals surface area contributed by atoms with Gasteiger partial charge in [-0.05, 0) is 36.4 Å². The van der Waals surface area contributed by atoms with Crippen molar-refractivity contribution in [1.82, 2.24) is 0 Å². The van der Waals surface area contributed by atoms with E-state index in [1.54, 1.807) is 0 Å². The lowest BCUT2D eigenvalue weighted by Gasteiger charge is -2.15. The van der Waals surface area contributed by atoms with E-state index in [2.05, 4.69) is 34.1 Å². The lowest BCUT2D eigenvalue weighted by molar-refractivity contribution is 0.282. The van der Waals surface area contributed by atoms with Crippen LogP contribution in [0.2, 0.25) is 0 Å². The Hall–Kier alpha value is -5.11. The predicted octanol–water partition coefficient (Wildman–Crippen LogP) is 3.88. The first-order valence-corrected chi connectivity index (χ1v) is 23.3. The van der Waals surface area contributed by atoms with Gasteiger partial charge in [-0.15, -0.1) is 20.5 Å². The molecule has 29 heteroatoms. The minimum absolute atomic E-state index is 0.0173. The number of hydrogen-bond acceptors (Lipinski definition) is 21. The number of ether oxygens (including phenoxy) is 3. The van der Waals surface area contributed by atoms with Crippen molar-refractivity contribution in [2.24, 2.45) is 20.5 Å². The highest BCUT2D eigenvalue weighted by Gasteiger charge is 2.27. The number of phenols is 1. The normalized spacial score (nSPS) is 13.0. The molecule has 0 unspecified atom stereocenters. The van der Waals surface area contributed by atoms with Crippen molar-refractivity contribution in [3.63, 3.8) is 0 Å². The number of rotatable bonds is 19. The minimum atomic E-state index is -5.20. The van der Waals surface area contributed by atoms with Crippen LogP contribution < -0.4 is 19.5 Å². The molecule has 4 aromatic rings. The van der Waals surface area contributed by atoms with Gasteiger partial charge in [0.05, 0.1) is 56.6 Å². The van der Waals surface area contributed by atoms with Crippen molar-refractivity contribution < 1.29 is 83.4 Å². The third-order valence-electron chi connectivity index (χ3n) is 7.73. The third kappa shape index (κ3) is 11.6. The van der Waals surface area contributed by atoms with Crippen LogP contribution in [0.5, 0.6) is 23.0 Å². The maximum Gasteiger partial charge on any atom is 0.397 e. The molecule has 0 aliphatic heterocycles. The molecule has 5 N–H and O–H groups in total. The summed E-state index contributed by atoms with van der Waals surface area (Å²) in [6.45, 7) is -1.89. The molecule has 0 heterocycles. The summed E-state index contributed by atoms with van der Waals surface area (Å²) in [6.07, 6.45) is 0. The van der Waals surface area contributed by atoms with Crippen LogP contribution in [0.3, 0.4) is 0 Å². The van der Waals surface area contributed by atoms with Crippen molar-refractivity contribution in [2.45, 2.75) is 14.7 Å². The van der Waals surface area contributed by atoms with Crippen molar-refractivity contribution >= 4 is 89.8 Å². The average molecular weight is 928 g/mol. The number of benzene rings is 4. The van der Waals surface area contributed by atoms with Crippen LogP contribution in [-0.4, -0.2) is 114 Å². The van der Waals surface area contributed by atoms with E-state index in [0.717, 1.165) is 38.5 Å². The summed E-state index contributed by atoms with van der Waals surface area (Å²) in [7, 11) is -18.8. The van der Waals surface area contributed by atoms with Gasteiger partial charge in [0, 0.05) is 30.0 Å². The molecule has 0 aromatic heterocycles. The van der Waals surface area contributed by atoms with E-state index in [1.165, 1.54) is 32.4 Å². The monoisotopic (exact) mass is 927 g/mol. The van der Waals surface area contributed by atoms with Gasteiger partial charge in [0.1, 0.15) is 49.8 Å². The largest absolute Gasteiger partial charge is 0.506 e. The van der Waals surface area contributed by atoms with Gasteiger partial charge in [0.2, 0.25) is 0 Å². The molecule has 0 amide bonds. The van der Waals surface area contributed by atoms with Crippen LogP contribution in [0.1, 0.15) is 0 Å². The summed E-state index contributed by atoms with van der Waals surface area (Å²) in [5, 5.41) is 29.7. The first-order chi connectivity index (χ1) is 27.4. The van der Waals surface area contributed by atoms with Gasteiger partial charge in [-0.25, -0.2) is 25.2 Å². The van der Waals surface area contributed by atoms with E-state index in [-0.39, 0.29) is 44.2 Å². The molecule has 4 aromatic carbocycles. The van der Waals surface area contributed by atoms with Crippen LogP contribution in [0, 0.1) is 0 Å². The number of aromatic hydroxyl groups is 1. The summed E-state index contributed by atoms with van der Waals surface area (Å²) in [5.41, 5.74) is -1.13. The number of nitrogens with one attached hydrogen (secondary N) is 1. The Balaban J connectivity index is 1.86. The number of fused-ring (bicyclic) bond motifs is 1. The Morgan fingerprint density at radius 1 is 0.593 bits per heavy atom. The first-order valence-electron chi connectivity index (χ1n) is 15.8. The fourth-order valence-corrected chi connectivity index (χ4v) is 8.91. The molecule has 24 nitrogen and oxygen atoms in total. The van der Waals surface area contributed by atoms with Gasteiger partial charge < -0.3 is 24.6 Å². The van der Waals surface area contributed by atoms with Crippen molar-refractivity contribution in [1.29, 1.82) is 0 Å². The highest BCUT2D eigenvalue weighted by atomic mass is 32.3. The number of anilines is 1. The standard InChI is InChI=1S/C30H33N5O19S5/c1-31-20-7-6-18-19(28(20)34-33-22-13-17(5-8-24(22)50-2)55(37,38)11-9-53-58(44,45)46)14-27(57(41,42)43)29(30(18)52-4)35-32-21-15-25(51-3)26(16-23(21)36)56(39,40)12-10-54-59(47,48)49/h5-8,13-16,31,36H,9-12H2,1-4H3,(H,41,42,43)(H,44,45,46)(H,47,48,49). The van der Waals surface area contributed by atoms with E-state index in [4.69, 9.17) is 23.3 Å². The van der Waals surface area contributed by atoms with Crippen LogP contribution in [0.15, 0.2) is 83.7 Å². The quantitative estimate of drug-likeness (QED) is 0.0658. The lowest BCUT2D eigenvalue weighted by atomic mass is 10.0. The Morgan fingerprint density at radius 2 is 1.17 bits per heavy atom. The molecule has 0 radical (unpaired) electrons. The van der Waals surface area contributed by atoms with E-state index in [0.29, 0.717) is 6.07 Å². The molecule has 4 rings (SSSR count). The zero-order valence-corrected chi connectivity index (χ0v) is 34.8. The van der Waals surface area contributed by atoms with Gasteiger partial charge in [-0.1, -0.05) is 0 Å². The minimum Gasteiger partial charge on any atom is -0.506 e. The molecule has 0 fully saturated rings. The van der Waals surface area contributed by atoms with Gasteiger partial charge >= 0.3 is 20.8 Å². The number of methoxy groups -OCH3 is 3. The molecule has 0 atom stereocenters. The molecule has 0 aliphatic rings. The number of hydrogen-bond donors (Lipinski definition) is 5. The Morgan fingerprint density at radius 3 is 1.71 bits per heavy atom. The van der Waals surface area contributed by atoms with E-state index in [9.17, 15) is 51.7 Å². The topological polar surface area (TPSA) is 359 Å². The Kier molecular flexibility index (Phi) is 14.2. The zero-order chi connectivity index (χ0) is 44.1. The molecule has 0 spiro atoms. The zero-order valence-electron chi connectivity index (χ0n) is 30.7. The van der Waals surface area contributed by atoms with Gasteiger partial charge in [0.15, 0.2) is 25.4 Å². The second kappa shape index (κ2) is 18.0. The maximum absolute atomic E-state index is 12.9. The molecular weight excluding hydrogens is 895 g/mol. The summed E-state index contributed by atoms with van der Waals surface area (Å²) in [5.74, 6) is -3.41. The second-order valence-corrected chi connectivity index (χ2v) is 19.2. The van der Waals surface area contributed by atoms with Gasteiger partial charge in [-0.3, -0.25) is 13.7 Å². The molecule has 0 saturated carbocycles. The van der Waals surface area contributed by atoms with Crippen LogP contribution in [-0.2, 0) is 59.0 Å². The van der Waals surface area contributed by atoms with Crippen LogP contribution in [0.25, 0.3) is 10.8 Å². The molecule has 322 valence electrons. The van der Waals surface area contributed by atoms with E-state index >= 15 is 0 Å². The lowest BCUT2D eigenvalue weighted by Crippen LogP contribution is -2.16. The predicted molar refractivity (Wildman–Crippen MR) is 205 cm³/mol. The fraction of sp³-hybridized carbons (Fsp3) is 0.267. The Labute approximate surface area is 337 Å². The SMILES string of the molecule is CNc1ccc2c(OC)c(N=Nc3cc(OC)c(S(=O)(=O)CCOS(=O)(=O)O)cc3O)c(S(=O)(=O)O)cc2c1N=Nc1cc(S(=O)(=O)CCOS(=O)(=O)O)ccc1OC. The summed E-state index contributed by atoms with van der Waals surface area (Å²) in [4.78, 5) is -1.92. The van der Waals surface area contributed by atoms with Gasteiger partial charge in [-0.2, -0.15) is 25.3 Å². The highest BCUT2D eigenvalue weighted by molar-refractivity contribution is 7.92. The number of azo groups is 2. The third-order valence-corrected chi connectivity index (χ3v) is 12.9. The first kappa shape index (κ1) is 46.6. The number of phenolic OH excluding ortho intramolecular Hbond substituents is 1. The number of nitrogens with zero attached hydrogens (tertiary/aromatic N) is 4. The van der Waals surface area contributed by atoms with Crippen LogP contribution in [0.4, 0.5) is 28.4 Å². The Bertz CT molecular complexity index is 2900. The molecule has 59 heavy (non-hydrogen) atoms. The van der Waals surface area contributed by atoms with Crippen molar-refractivity contribution in [2.75, 3.05) is 58.4 Å². The molecular formula is C30H33N5O19S5. The summed E-state index contributed by atoms with van der Waals surface area (Å²) < 4.78 is 173. The summed E-state index contributed by atoms with van der Waals surface area (Å²) in [6, 6.07) is 8.85. The fourth-order valence-electron chi connectivity index (χ4n) is 5.09. The second-order valence-electron chi connectivity index (χ2n) is 11.4. The van der Waals surface area contributed by atoms with Crippen LogP contribution >= 0.6 is 0 Å². The maximum atomic E-state index is 12.9. The van der Waals surface area contributed by atoms with Crippen molar-refractivity contribution in [3.05, 3.63) is 48.5 Å². The van der Waals surface area contributed by atoms with Crippen molar-refractivity contribution in [3.8, 4) is 23.0 Å². The summed E-state index contributed by atoms with van der Waals surface area (Å²) >= 11 is 0. The molecule has 0 bridgehead atoms. The van der Waals surface area contributed by atoms with E-state index < -0.39 is 108 Å². The highest BCUT2D eigenvalue weighted by Crippen LogP contribution is 2.48. The van der Waals surface area contributed by atoms with E-state index in [1.807, 2.05) is 0 Å². The van der Waals surface area contributed by atoms with Gasteiger partial charge in [0.25, 0.3) is 10.1 Å². The number of sulfone groups is 2. The smallest absolute Gasteiger partial charge is 0.397 e.